The molecule has 0 aliphatic carbocycles. The molecule has 1 amide bonds. The Balaban J connectivity index is 1.68. The van der Waals surface area contributed by atoms with E-state index in [9.17, 15) is 4.79 Å². The normalized spacial score (nSPS) is 10.8. The van der Waals surface area contributed by atoms with Crippen LogP contribution < -0.4 is 20.1 Å². The van der Waals surface area contributed by atoms with Crippen LogP contribution >= 0.6 is 27.5 Å². The molecule has 3 aromatic carbocycles. The Hall–Kier alpha value is -2.70. The molecule has 0 heterocycles. The van der Waals surface area contributed by atoms with Crippen molar-refractivity contribution in [2.75, 3.05) is 17.2 Å². The topological polar surface area (TPSA) is 59.6 Å². The number of benzene rings is 3. The van der Waals surface area contributed by atoms with Crippen molar-refractivity contribution in [3.63, 3.8) is 0 Å². The zero-order chi connectivity index (χ0) is 24.5. The lowest BCUT2D eigenvalue weighted by molar-refractivity contribution is -0.116. The summed E-state index contributed by atoms with van der Waals surface area (Å²) >= 11 is 9.74. The molecule has 0 aromatic heterocycles. The van der Waals surface area contributed by atoms with Crippen molar-refractivity contribution in [1.29, 1.82) is 0 Å². The molecule has 2 N–H and O–H groups in total. The summed E-state index contributed by atoms with van der Waals surface area (Å²) in [4.78, 5) is 12.1. The third-order valence-electron chi connectivity index (χ3n) is 4.92. The van der Waals surface area contributed by atoms with Gasteiger partial charge in [0.1, 0.15) is 6.61 Å². The minimum absolute atomic E-state index is 0.0182. The number of hydrogen-bond donors (Lipinski definition) is 2. The van der Waals surface area contributed by atoms with Crippen LogP contribution in [0.1, 0.15) is 38.3 Å². The third-order valence-corrected chi connectivity index (χ3v) is 5.89. The van der Waals surface area contributed by atoms with E-state index in [0.29, 0.717) is 48.6 Å². The minimum atomic E-state index is 0.0182. The molecule has 180 valence electrons. The number of hydrogen-bond acceptors (Lipinski definition) is 4. The lowest BCUT2D eigenvalue weighted by atomic mass is 10.1. The Labute approximate surface area is 214 Å². The second kappa shape index (κ2) is 12.7. The Kier molecular flexibility index (Phi) is 9.66. The molecule has 0 radical (unpaired) electrons. The summed E-state index contributed by atoms with van der Waals surface area (Å²) in [5, 5.41) is 7.05. The van der Waals surface area contributed by atoms with E-state index in [2.05, 4.69) is 26.6 Å². The predicted molar refractivity (Wildman–Crippen MR) is 143 cm³/mol. The summed E-state index contributed by atoms with van der Waals surface area (Å²) < 4.78 is 12.8. The highest BCUT2D eigenvalue weighted by atomic mass is 79.9. The van der Waals surface area contributed by atoms with E-state index in [1.165, 1.54) is 0 Å². The molecule has 0 saturated carbocycles. The fourth-order valence-corrected chi connectivity index (χ4v) is 4.04. The SMILES string of the molecule is CCOc1cc(CNc2cccc(NC(=O)CC(C)C)c2)c(Br)cc1OCc1cccc(Cl)c1. The van der Waals surface area contributed by atoms with Crippen molar-refractivity contribution in [3.05, 3.63) is 81.3 Å². The van der Waals surface area contributed by atoms with E-state index in [0.717, 1.165) is 27.0 Å². The van der Waals surface area contributed by atoms with Crippen LogP contribution in [-0.2, 0) is 17.9 Å². The highest BCUT2D eigenvalue weighted by Crippen LogP contribution is 2.35. The summed E-state index contributed by atoms with van der Waals surface area (Å²) in [7, 11) is 0. The fourth-order valence-electron chi connectivity index (χ4n) is 3.37. The largest absolute Gasteiger partial charge is 0.490 e. The van der Waals surface area contributed by atoms with E-state index < -0.39 is 0 Å². The second-order valence-corrected chi connectivity index (χ2v) is 9.61. The third kappa shape index (κ3) is 7.96. The van der Waals surface area contributed by atoms with E-state index >= 15 is 0 Å². The zero-order valence-corrected chi connectivity index (χ0v) is 22.0. The highest BCUT2D eigenvalue weighted by Gasteiger charge is 2.12. The zero-order valence-electron chi connectivity index (χ0n) is 19.7. The molecule has 0 unspecified atom stereocenters. The van der Waals surface area contributed by atoms with E-state index in [4.69, 9.17) is 21.1 Å². The number of ether oxygens (including phenoxy) is 2. The van der Waals surface area contributed by atoms with E-state index in [1.807, 2.05) is 81.4 Å². The van der Waals surface area contributed by atoms with Gasteiger partial charge in [0, 0.05) is 33.8 Å². The summed E-state index contributed by atoms with van der Waals surface area (Å²) in [6, 6.07) is 19.2. The number of nitrogens with one attached hydrogen (secondary N) is 2. The second-order valence-electron chi connectivity index (χ2n) is 8.32. The molecule has 3 rings (SSSR count). The first-order valence-corrected chi connectivity index (χ1v) is 12.5. The van der Waals surface area contributed by atoms with E-state index in [1.54, 1.807) is 0 Å². The van der Waals surface area contributed by atoms with Crippen LogP contribution in [0.5, 0.6) is 11.5 Å². The number of carbonyl (C=O) groups is 1. The highest BCUT2D eigenvalue weighted by molar-refractivity contribution is 9.10. The van der Waals surface area contributed by atoms with Crippen molar-refractivity contribution < 1.29 is 14.3 Å². The summed E-state index contributed by atoms with van der Waals surface area (Å²) in [5.74, 6) is 1.67. The quantitative estimate of drug-likeness (QED) is 0.259. The molecule has 0 atom stereocenters. The summed E-state index contributed by atoms with van der Waals surface area (Å²) in [6.45, 7) is 7.48. The number of rotatable bonds is 11. The molecule has 3 aromatic rings. The van der Waals surface area contributed by atoms with Gasteiger partial charge >= 0.3 is 0 Å². The molecular formula is C27H30BrClN2O3. The molecule has 34 heavy (non-hydrogen) atoms. The Morgan fingerprint density at radius 3 is 2.47 bits per heavy atom. The average Bonchev–Trinajstić information content (AvgIpc) is 2.78. The van der Waals surface area contributed by atoms with Gasteiger partial charge in [0.2, 0.25) is 5.91 Å². The number of anilines is 2. The van der Waals surface area contributed by atoms with Gasteiger partial charge in [-0.25, -0.2) is 0 Å². The number of carbonyl (C=O) groups excluding carboxylic acids is 1. The first-order chi connectivity index (χ1) is 16.3. The van der Waals surface area contributed by atoms with Crippen LogP contribution in [-0.4, -0.2) is 12.5 Å². The van der Waals surface area contributed by atoms with Crippen LogP contribution in [0, 0.1) is 5.92 Å². The smallest absolute Gasteiger partial charge is 0.224 e. The van der Waals surface area contributed by atoms with Gasteiger partial charge in [-0.2, -0.15) is 0 Å². The van der Waals surface area contributed by atoms with Gasteiger partial charge in [0.25, 0.3) is 0 Å². The van der Waals surface area contributed by atoms with Gasteiger partial charge in [0.15, 0.2) is 11.5 Å². The Bertz CT molecular complexity index is 1120. The van der Waals surface area contributed by atoms with Crippen LogP contribution in [0.25, 0.3) is 0 Å². The van der Waals surface area contributed by atoms with Crippen molar-refractivity contribution in [1.82, 2.24) is 0 Å². The monoisotopic (exact) mass is 544 g/mol. The van der Waals surface area contributed by atoms with Gasteiger partial charge in [0.05, 0.1) is 6.61 Å². The number of amides is 1. The van der Waals surface area contributed by atoms with Crippen LogP contribution in [0.15, 0.2) is 65.1 Å². The maximum Gasteiger partial charge on any atom is 0.224 e. The van der Waals surface area contributed by atoms with Crippen molar-refractivity contribution in [3.8, 4) is 11.5 Å². The first kappa shape index (κ1) is 25.9. The minimum Gasteiger partial charge on any atom is -0.490 e. The molecule has 0 spiro atoms. The molecule has 0 aliphatic rings. The maximum atomic E-state index is 12.1. The van der Waals surface area contributed by atoms with Crippen molar-refractivity contribution in [2.45, 2.75) is 40.3 Å². The molecular weight excluding hydrogens is 516 g/mol. The molecule has 0 fully saturated rings. The van der Waals surface area contributed by atoms with Gasteiger partial charge < -0.3 is 20.1 Å². The van der Waals surface area contributed by atoms with Crippen LogP contribution in [0.3, 0.4) is 0 Å². The molecule has 0 saturated heterocycles. The maximum absolute atomic E-state index is 12.1. The molecule has 0 bridgehead atoms. The van der Waals surface area contributed by atoms with Gasteiger partial charge in [-0.15, -0.1) is 0 Å². The summed E-state index contributed by atoms with van der Waals surface area (Å²) in [6.07, 6.45) is 0.497. The van der Waals surface area contributed by atoms with Gasteiger partial charge in [-0.1, -0.05) is 59.6 Å². The van der Waals surface area contributed by atoms with E-state index in [-0.39, 0.29) is 5.91 Å². The number of halogens is 2. The first-order valence-electron chi connectivity index (χ1n) is 11.3. The predicted octanol–water partition coefficient (Wildman–Crippen LogP) is 7.68. The average molecular weight is 546 g/mol. The lowest BCUT2D eigenvalue weighted by Gasteiger charge is -2.16. The van der Waals surface area contributed by atoms with Gasteiger partial charge in [-0.3, -0.25) is 4.79 Å². The molecule has 5 nitrogen and oxygen atoms in total. The Morgan fingerprint density at radius 1 is 1.00 bits per heavy atom. The fraction of sp³-hybridized carbons (Fsp3) is 0.296. The molecule has 7 heteroatoms. The van der Waals surface area contributed by atoms with Crippen molar-refractivity contribution in [2.24, 2.45) is 5.92 Å². The lowest BCUT2D eigenvalue weighted by Crippen LogP contribution is -2.14. The van der Waals surface area contributed by atoms with Crippen molar-refractivity contribution >= 4 is 44.8 Å². The van der Waals surface area contributed by atoms with Gasteiger partial charge in [-0.05, 0) is 66.4 Å². The Morgan fingerprint density at radius 2 is 1.74 bits per heavy atom. The van der Waals surface area contributed by atoms with Crippen LogP contribution in [0.4, 0.5) is 11.4 Å². The molecule has 0 aliphatic heterocycles. The standard InChI is InChI=1S/C27H30BrClN2O3/c1-4-33-25-13-20(24(28)15-26(25)34-17-19-7-5-8-21(29)12-19)16-30-22-9-6-10-23(14-22)31-27(32)11-18(2)3/h5-10,12-15,18,30H,4,11,16-17H2,1-3H3,(H,31,32). The van der Waals surface area contributed by atoms with Crippen LogP contribution in [0.2, 0.25) is 5.02 Å². The summed E-state index contributed by atoms with van der Waals surface area (Å²) in [5.41, 5.74) is 3.69.